The lowest BCUT2D eigenvalue weighted by Crippen LogP contribution is -2.40. The Morgan fingerprint density at radius 2 is 0.472 bits per heavy atom. The second-order valence-corrected chi connectivity index (χ2v) is 33.4. The topological polar surface area (TPSA) is 535 Å². The number of carboxylic acid groups (broad SMARTS) is 2. The monoisotopic (exact) mass is 1570 g/mol. The molecule has 0 radical (unpaired) electrons. The van der Waals surface area contributed by atoms with Gasteiger partial charge in [-0.3, -0.25) is 0 Å². The summed E-state index contributed by atoms with van der Waals surface area (Å²) in [5.74, 6) is -4.80. The molecule has 36 nitrogen and oxygen atoms in total. The van der Waals surface area contributed by atoms with Crippen molar-refractivity contribution in [3.05, 3.63) is 145 Å². The second-order valence-electron chi connectivity index (χ2n) is 25.7. The number of aromatic carboxylic acids is 2. The molecule has 0 saturated heterocycles. The normalized spacial score (nSPS) is 14.5. The number of anilines is 12. The third kappa shape index (κ3) is 22.7. The molecule has 2 aromatic heterocycles. The van der Waals surface area contributed by atoms with Crippen LogP contribution in [0, 0.1) is 0 Å². The molecule has 0 bridgehead atoms. The van der Waals surface area contributed by atoms with E-state index in [-0.39, 0.29) is 153 Å². The Morgan fingerprint density at radius 1 is 0.296 bits per heavy atom. The van der Waals surface area contributed by atoms with E-state index < -0.39 is 112 Å². The Balaban J connectivity index is 1.16. The van der Waals surface area contributed by atoms with Crippen LogP contribution in [0.5, 0.6) is 0 Å². The van der Waals surface area contributed by atoms with E-state index in [1.54, 1.807) is 0 Å². The lowest BCUT2D eigenvalue weighted by atomic mass is 9.94. The summed E-state index contributed by atoms with van der Waals surface area (Å²) >= 11 is 0. The fraction of sp³-hybridized carbons (Fsp3) is 0.353. The average Bonchev–Trinajstić information content (AvgIpc) is 0.799. The van der Waals surface area contributed by atoms with Gasteiger partial charge in [0.2, 0.25) is 75.8 Å². The van der Waals surface area contributed by atoms with Crippen molar-refractivity contribution >= 4 is 122 Å². The maximum absolute atomic E-state index is 14.0. The Labute approximate surface area is 623 Å². The van der Waals surface area contributed by atoms with Gasteiger partial charge < -0.3 is 83.0 Å². The van der Waals surface area contributed by atoms with Crippen LogP contribution in [0.1, 0.15) is 76.1 Å². The molecule has 0 fully saturated rings. The number of aromatic nitrogens is 6. The molecule has 2 heterocycles. The highest BCUT2D eigenvalue weighted by atomic mass is 32.2. The van der Waals surface area contributed by atoms with Crippen molar-refractivity contribution in [1.29, 1.82) is 0 Å². The maximum atomic E-state index is 14.0. The number of hydrogen-bond acceptors (Lipinski definition) is 30. The Bertz CT molecular complexity index is 4400. The molecule has 40 heteroatoms. The molecule has 16 N–H and O–H groups in total. The molecular weight excluding hydrogens is 1490 g/mol. The molecule has 8 atom stereocenters. The number of aliphatic hydroxyl groups excluding tert-OH is 8. The third-order valence-electron chi connectivity index (χ3n) is 15.2. The van der Waals surface area contributed by atoms with E-state index >= 15 is 0 Å². The Kier molecular flexibility index (Phi) is 28.1. The highest BCUT2D eigenvalue weighted by Crippen LogP contribution is 2.35. The van der Waals surface area contributed by atoms with Gasteiger partial charge in [-0.05, 0) is 164 Å². The largest absolute Gasteiger partial charge is 0.478 e. The zero-order valence-electron chi connectivity index (χ0n) is 59.6. The fourth-order valence-corrected chi connectivity index (χ4v) is 17.5. The lowest BCUT2D eigenvalue weighted by molar-refractivity contribution is 0.0684. The number of aliphatic hydroxyl groups is 8. The first-order valence-corrected chi connectivity index (χ1v) is 39.2. The van der Waals surface area contributed by atoms with E-state index in [1.165, 1.54) is 177 Å². The maximum Gasteiger partial charge on any atom is 0.336 e. The summed E-state index contributed by atoms with van der Waals surface area (Å²) in [6.45, 7) is 8.19. The molecule has 0 saturated carbocycles. The number of benzene rings is 6. The van der Waals surface area contributed by atoms with E-state index in [4.69, 9.17) is 0 Å². The van der Waals surface area contributed by atoms with Gasteiger partial charge in [-0.15, -0.1) is 0 Å². The van der Waals surface area contributed by atoms with Crippen molar-refractivity contribution in [2.45, 2.75) is 124 Å². The first kappa shape index (κ1) is 84.0. The first-order chi connectivity index (χ1) is 50.7. The molecule has 8 unspecified atom stereocenters. The van der Waals surface area contributed by atoms with Crippen LogP contribution in [0.4, 0.5) is 69.8 Å². The lowest BCUT2D eigenvalue weighted by Gasteiger charge is -2.25. The number of rotatable bonds is 39. The van der Waals surface area contributed by atoms with Crippen LogP contribution < -0.4 is 31.9 Å². The van der Waals surface area contributed by atoms with Crippen LogP contribution in [0.15, 0.2) is 153 Å². The molecule has 0 aliphatic carbocycles. The standard InChI is InChI=1S/C68H86N16O20S4/c1-39(85)31-81(32-40(2)86)105(97,98)53-17-9-13-47(25-53)69-63-75-64(70-48-14-10-18-54(26-48)106(99,100)82(33-41(3)87)34-42(4)88)78-67(77-63)73-51-21-23-57(59(29-51)61(93)94)58-24-22-52(30-60(58)62(95)96)74-68-79-65(71-49-15-11-19-55(27-49)107(101,102)83(35-43(5)89)36-44(6)90)76-66(80-68)72-50-16-12-20-56(28-50)108(103,104)84(37-45(7)91)38-46(8)92/h9-30,39-46,85-92H,31-38H2,1-8H3,(H,93,94)(H,95,96)(H3,69,70,73,75,77,78)(H3,71,72,74,76,79,80). The number of nitrogens with one attached hydrogen (secondary N) is 6. The van der Waals surface area contributed by atoms with Gasteiger partial charge in [-0.2, -0.15) is 47.1 Å². The third-order valence-corrected chi connectivity index (χ3v) is 22.5. The number of carboxylic acids is 2. The summed E-state index contributed by atoms with van der Waals surface area (Å²) in [6, 6.07) is 29.2. The van der Waals surface area contributed by atoms with E-state index in [0.29, 0.717) is 0 Å². The predicted octanol–water partition coefficient (Wildman–Crippen LogP) is 4.59. The number of sulfonamides is 4. The predicted molar refractivity (Wildman–Crippen MR) is 399 cm³/mol. The van der Waals surface area contributed by atoms with Crippen molar-refractivity contribution in [3.63, 3.8) is 0 Å². The minimum absolute atomic E-state index is 0.00198. The van der Waals surface area contributed by atoms with E-state index in [2.05, 4.69) is 61.8 Å². The molecule has 0 aliphatic rings. The summed E-state index contributed by atoms with van der Waals surface area (Å²) < 4.78 is 115. The summed E-state index contributed by atoms with van der Waals surface area (Å²) in [7, 11) is -17.5. The first-order valence-electron chi connectivity index (χ1n) is 33.4. The van der Waals surface area contributed by atoms with Crippen LogP contribution in [-0.4, -0.2) is 245 Å². The minimum atomic E-state index is -4.37. The molecule has 582 valence electrons. The van der Waals surface area contributed by atoms with Crippen LogP contribution in [0.2, 0.25) is 0 Å². The highest BCUT2D eigenvalue weighted by molar-refractivity contribution is 7.90. The van der Waals surface area contributed by atoms with Crippen molar-refractivity contribution in [2.24, 2.45) is 0 Å². The molecule has 108 heavy (non-hydrogen) atoms. The molecule has 8 aromatic rings. The summed E-state index contributed by atoms with van der Waals surface area (Å²) in [4.78, 5) is 52.5. The molecule has 0 aliphatic heterocycles. The van der Waals surface area contributed by atoms with Gasteiger partial charge in [-0.1, -0.05) is 36.4 Å². The SMILES string of the molecule is CC(O)CN(CC(C)O)S(=O)(=O)c1cccc(Nc2nc(Nc3cccc(S(=O)(=O)N(CC(C)O)CC(C)O)c3)nc(Nc3ccc(-c4ccc(Nc5nc(Nc6cccc(S(=O)(=O)N(CC(C)O)CC(C)O)c6)nc(Nc6cccc(S(=O)(=O)N(CC(C)O)CC(C)O)c6)n5)cc4C(=O)O)c(C(=O)O)c3)n2)c1. The van der Waals surface area contributed by atoms with E-state index in [9.17, 15) is 94.3 Å². The van der Waals surface area contributed by atoms with Gasteiger partial charge >= 0.3 is 11.9 Å². The smallest absolute Gasteiger partial charge is 0.336 e. The van der Waals surface area contributed by atoms with Crippen molar-refractivity contribution in [1.82, 2.24) is 47.1 Å². The van der Waals surface area contributed by atoms with Crippen LogP contribution in [0.3, 0.4) is 0 Å². The van der Waals surface area contributed by atoms with E-state index in [0.717, 1.165) is 29.4 Å². The number of hydrogen-bond donors (Lipinski definition) is 16. The molecule has 0 amide bonds. The van der Waals surface area contributed by atoms with Crippen LogP contribution in [-0.2, 0) is 40.1 Å². The summed E-state index contributed by atoms with van der Waals surface area (Å²) in [5.41, 5.74) is -0.792. The fourth-order valence-electron chi connectivity index (χ4n) is 10.9. The number of nitrogens with zero attached hydrogens (tertiary/aromatic N) is 10. The van der Waals surface area contributed by atoms with Crippen molar-refractivity contribution in [2.75, 3.05) is 84.3 Å². The quantitative estimate of drug-likeness (QED) is 0.0250. The van der Waals surface area contributed by atoms with E-state index in [1.807, 2.05) is 0 Å². The second kappa shape index (κ2) is 36.1. The van der Waals surface area contributed by atoms with Crippen molar-refractivity contribution in [3.8, 4) is 11.1 Å². The van der Waals surface area contributed by atoms with Gasteiger partial charge in [0, 0.05) is 86.5 Å². The average molecular weight is 1580 g/mol. The van der Waals surface area contributed by atoms with Gasteiger partial charge in [-0.25, -0.2) is 43.3 Å². The molecule has 0 spiro atoms. The number of carbonyl (C=O) groups is 2. The van der Waals surface area contributed by atoms with Gasteiger partial charge in [0.15, 0.2) is 0 Å². The summed E-state index contributed by atoms with van der Waals surface area (Å²) in [6.07, 6.45) is -8.91. The molecule has 8 rings (SSSR count). The molecule has 6 aromatic carbocycles. The van der Waals surface area contributed by atoms with Gasteiger partial charge in [0.25, 0.3) is 0 Å². The van der Waals surface area contributed by atoms with Crippen LogP contribution in [0.25, 0.3) is 11.1 Å². The zero-order valence-corrected chi connectivity index (χ0v) is 62.9. The molecular formula is C68H86N16O20S4. The summed E-state index contributed by atoms with van der Waals surface area (Å²) in [5, 5.41) is 121. The van der Waals surface area contributed by atoms with Gasteiger partial charge in [0.1, 0.15) is 0 Å². The van der Waals surface area contributed by atoms with Crippen LogP contribution >= 0.6 is 0 Å². The minimum Gasteiger partial charge on any atom is -0.478 e. The Hall–Kier alpha value is -9.60. The Morgan fingerprint density at radius 3 is 0.639 bits per heavy atom. The van der Waals surface area contributed by atoms with Crippen molar-refractivity contribution < 1.29 is 94.3 Å². The zero-order chi connectivity index (χ0) is 79.3. The van der Waals surface area contributed by atoms with Gasteiger partial charge in [0.05, 0.1) is 79.5 Å². The highest BCUT2D eigenvalue weighted by Gasteiger charge is 2.32.